The van der Waals surface area contributed by atoms with E-state index in [-0.39, 0.29) is 5.82 Å². The molecule has 0 fully saturated rings. The average Bonchev–Trinajstić information content (AvgIpc) is 2.28. The van der Waals surface area contributed by atoms with Gasteiger partial charge < -0.3 is 5.32 Å². The summed E-state index contributed by atoms with van der Waals surface area (Å²) >= 11 is 0. The third-order valence-corrected chi connectivity index (χ3v) is 2.47. The molecule has 2 aromatic rings. The minimum absolute atomic E-state index is 0.225. The Morgan fingerprint density at radius 2 is 2.00 bits per heavy atom. The lowest BCUT2D eigenvalue weighted by atomic mass is 10.1. The van der Waals surface area contributed by atoms with Gasteiger partial charge in [-0.15, -0.1) is 0 Å². The number of hydrogen-bond acceptors (Lipinski definition) is 2. The predicted molar refractivity (Wildman–Crippen MR) is 63.9 cm³/mol. The first-order chi connectivity index (χ1) is 7.70. The molecule has 1 aromatic heterocycles. The number of pyridine rings is 1. The van der Waals surface area contributed by atoms with Crippen LogP contribution in [0.5, 0.6) is 0 Å². The molecule has 1 heterocycles. The number of rotatable bonds is 2. The van der Waals surface area contributed by atoms with Gasteiger partial charge in [-0.3, -0.25) is 4.98 Å². The number of halogens is 1. The molecule has 3 heteroatoms. The van der Waals surface area contributed by atoms with Crippen molar-refractivity contribution in [3.05, 3.63) is 48.0 Å². The van der Waals surface area contributed by atoms with Crippen LogP contribution in [-0.4, -0.2) is 12.0 Å². The van der Waals surface area contributed by atoms with Crippen LogP contribution < -0.4 is 5.32 Å². The fraction of sp³-hybridized carbons (Fsp3) is 0.154. The minimum atomic E-state index is -0.225. The monoisotopic (exact) mass is 216 g/mol. The van der Waals surface area contributed by atoms with Crippen molar-refractivity contribution in [1.82, 2.24) is 4.98 Å². The predicted octanol–water partition coefficient (Wildman–Crippen LogP) is 3.24. The van der Waals surface area contributed by atoms with E-state index in [0.717, 1.165) is 16.9 Å². The summed E-state index contributed by atoms with van der Waals surface area (Å²) < 4.78 is 13.8. The van der Waals surface area contributed by atoms with Crippen molar-refractivity contribution in [2.75, 3.05) is 12.4 Å². The molecular weight excluding hydrogens is 203 g/mol. The normalized spacial score (nSPS) is 10.2. The number of anilines is 1. The smallest absolute Gasteiger partial charge is 0.133 e. The van der Waals surface area contributed by atoms with Gasteiger partial charge in [-0.2, -0.15) is 0 Å². The molecule has 0 spiro atoms. The number of aromatic nitrogens is 1. The molecule has 0 unspecified atom stereocenters. The molecule has 0 aliphatic rings. The van der Waals surface area contributed by atoms with E-state index in [4.69, 9.17) is 0 Å². The van der Waals surface area contributed by atoms with Crippen LogP contribution in [0.3, 0.4) is 0 Å². The number of hydrogen-bond donors (Lipinski definition) is 1. The number of nitrogens with one attached hydrogen (secondary N) is 1. The van der Waals surface area contributed by atoms with Gasteiger partial charge in [-0.1, -0.05) is 0 Å². The number of nitrogens with zero attached hydrogens (tertiary/aromatic N) is 1. The maximum absolute atomic E-state index is 13.8. The number of aryl methyl sites for hydroxylation is 1. The third kappa shape index (κ3) is 2.03. The Hall–Kier alpha value is -1.90. The van der Waals surface area contributed by atoms with Crippen LogP contribution in [0.25, 0.3) is 11.1 Å². The van der Waals surface area contributed by atoms with Crippen LogP contribution in [0.4, 0.5) is 10.1 Å². The van der Waals surface area contributed by atoms with Crippen LogP contribution >= 0.6 is 0 Å². The van der Waals surface area contributed by atoms with Gasteiger partial charge in [0.1, 0.15) is 5.82 Å². The summed E-state index contributed by atoms with van der Waals surface area (Å²) in [6, 6.07) is 8.80. The van der Waals surface area contributed by atoms with Gasteiger partial charge in [-0.25, -0.2) is 4.39 Å². The van der Waals surface area contributed by atoms with E-state index in [0.29, 0.717) is 5.56 Å². The summed E-state index contributed by atoms with van der Waals surface area (Å²) in [6.07, 6.45) is 1.69. The Bertz CT molecular complexity index is 509. The van der Waals surface area contributed by atoms with Gasteiger partial charge in [0, 0.05) is 30.2 Å². The first-order valence-corrected chi connectivity index (χ1v) is 5.11. The lowest BCUT2D eigenvalue weighted by Gasteiger charge is -2.06. The minimum Gasteiger partial charge on any atom is -0.388 e. The Kier molecular flexibility index (Phi) is 2.86. The fourth-order valence-corrected chi connectivity index (χ4v) is 1.62. The highest BCUT2D eigenvalue weighted by Gasteiger charge is 2.05. The first kappa shape index (κ1) is 10.6. The standard InChI is InChI=1S/C13H13FN2/c1-9-7-10(5-6-16-9)12-4-3-11(15-2)8-13(12)14/h3-8,15H,1-2H3. The van der Waals surface area contributed by atoms with E-state index in [9.17, 15) is 4.39 Å². The largest absolute Gasteiger partial charge is 0.388 e. The molecule has 82 valence electrons. The molecular formula is C13H13FN2. The second-order valence-corrected chi connectivity index (χ2v) is 3.63. The van der Waals surface area contributed by atoms with Crippen LogP contribution in [0, 0.1) is 12.7 Å². The first-order valence-electron chi connectivity index (χ1n) is 5.11. The molecule has 0 atom stereocenters. The van der Waals surface area contributed by atoms with Crippen LogP contribution in [0.2, 0.25) is 0 Å². The summed E-state index contributed by atoms with van der Waals surface area (Å²) in [7, 11) is 1.77. The van der Waals surface area contributed by atoms with Crippen molar-refractivity contribution >= 4 is 5.69 Å². The van der Waals surface area contributed by atoms with E-state index in [1.807, 2.05) is 25.1 Å². The Morgan fingerprint density at radius 3 is 2.62 bits per heavy atom. The van der Waals surface area contributed by atoms with Crippen molar-refractivity contribution in [2.24, 2.45) is 0 Å². The fourth-order valence-electron chi connectivity index (χ4n) is 1.62. The second-order valence-electron chi connectivity index (χ2n) is 3.63. The summed E-state index contributed by atoms with van der Waals surface area (Å²) in [4.78, 5) is 4.09. The summed E-state index contributed by atoms with van der Waals surface area (Å²) in [5, 5.41) is 2.91. The molecule has 0 saturated carbocycles. The highest BCUT2D eigenvalue weighted by Crippen LogP contribution is 2.25. The zero-order valence-electron chi connectivity index (χ0n) is 9.29. The molecule has 0 amide bonds. The maximum Gasteiger partial charge on any atom is 0.133 e. The van der Waals surface area contributed by atoms with Crippen molar-refractivity contribution in [1.29, 1.82) is 0 Å². The van der Waals surface area contributed by atoms with E-state index in [1.54, 1.807) is 19.3 Å². The van der Waals surface area contributed by atoms with E-state index in [2.05, 4.69) is 10.3 Å². The third-order valence-electron chi connectivity index (χ3n) is 2.47. The van der Waals surface area contributed by atoms with E-state index < -0.39 is 0 Å². The SMILES string of the molecule is CNc1ccc(-c2ccnc(C)c2)c(F)c1. The molecule has 0 aliphatic carbocycles. The molecule has 1 aromatic carbocycles. The lowest BCUT2D eigenvalue weighted by Crippen LogP contribution is -1.91. The van der Waals surface area contributed by atoms with Crippen LogP contribution in [-0.2, 0) is 0 Å². The van der Waals surface area contributed by atoms with Gasteiger partial charge in [0.2, 0.25) is 0 Å². The van der Waals surface area contributed by atoms with Gasteiger partial charge in [0.15, 0.2) is 0 Å². The van der Waals surface area contributed by atoms with E-state index >= 15 is 0 Å². The molecule has 1 N–H and O–H groups in total. The zero-order chi connectivity index (χ0) is 11.5. The van der Waals surface area contributed by atoms with Crippen molar-refractivity contribution < 1.29 is 4.39 Å². The van der Waals surface area contributed by atoms with Crippen molar-refractivity contribution in [2.45, 2.75) is 6.92 Å². The summed E-state index contributed by atoms with van der Waals surface area (Å²) in [6.45, 7) is 1.89. The molecule has 0 saturated heterocycles. The Morgan fingerprint density at radius 1 is 1.19 bits per heavy atom. The summed E-state index contributed by atoms with van der Waals surface area (Å²) in [5.41, 5.74) is 3.11. The second kappa shape index (κ2) is 4.31. The van der Waals surface area contributed by atoms with E-state index in [1.165, 1.54) is 6.07 Å². The lowest BCUT2D eigenvalue weighted by molar-refractivity contribution is 0.632. The Balaban J connectivity index is 2.48. The van der Waals surface area contributed by atoms with Crippen LogP contribution in [0.1, 0.15) is 5.69 Å². The van der Waals surface area contributed by atoms with Gasteiger partial charge in [-0.05, 0) is 42.8 Å². The number of benzene rings is 1. The molecule has 0 aliphatic heterocycles. The maximum atomic E-state index is 13.8. The van der Waals surface area contributed by atoms with Crippen molar-refractivity contribution in [3.63, 3.8) is 0 Å². The molecule has 2 nitrogen and oxygen atoms in total. The highest BCUT2D eigenvalue weighted by molar-refractivity contribution is 5.66. The van der Waals surface area contributed by atoms with Gasteiger partial charge in [0.05, 0.1) is 0 Å². The molecule has 0 bridgehead atoms. The van der Waals surface area contributed by atoms with Crippen LogP contribution in [0.15, 0.2) is 36.5 Å². The summed E-state index contributed by atoms with van der Waals surface area (Å²) in [5.74, 6) is -0.225. The van der Waals surface area contributed by atoms with Crippen molar-refractivity contribution in [3.8, 4) is 11.1 Å². The molecule has 16 heavy (non-hydrogen) atoms. The topological polar surface area (TPSA) is 24.9 Å². The highest BCUT2D eigenvalue weighted by atomic mass is 19.1. The quantitative estimate of drug-likeness (QED) is 0.833. The molecule has 0 radical (unpaired) electrons. The zero-order valence-corrected chi connectivity index (χ0v) is 9.29. The Labute approximate surface area is 94.2 Å². The van der Waals surface area contributed by atoms with Gasteiger partial charge >= 0.3 is 0 Å². The average molecular weight is 216 g/mol. The van der Waals surface area contributed by atoms with Gasteiger partial charge in [0.25, 0.3) is 0 Å². The molecule has 2 rings (SSSR count).